The fourth-order valence-electron chi connectivity index (χ4n) is 4.85. The van der Waals surface area contributed by atoms with Gasteiger partial charge >= 0.3 is 0 Å². The highest BCUT2D eigenvalue weighted by molar-refractivity contribution is 6.00. The minimum Gasteiger partial charge on any atom is -0.295 e. The molecule has 4 heteroatoms. The van der Waals surface area contributed by atoms with E-state index in [4.69, 9.17) is 0 Å². The van der Waals surface area contributed by atoms with E-state index in [0.29, 0.717) is 18.8 Å². The third-order valence-electron chi connectivity index (χ3n) is 6.52. The van der Waals surface area contributed by atoms with Crippen molar-refractivity contribution < 1.29 is 9.59 Å². The Balaban J connectivity index is 1.44. The molecule has 0 spiro atoms. The highest BCUT2D eigenvalue weighted by Crippen LogP contribution is 2.38. The minimum atomic E-state index is -0.159. The summed E-state index contributed by atoms with van der Waals surface area (Å²) in [5.74, 6) is 1.37. The van der Waals surface area contributed by atoms with Crippen LogP contribution in [-0.4, -0.2) is 22.8 Å². The number of rotatable bonds is 3. The van der Waals surface area contributed by atoms with Crippen LogP contribution in [0.1, 0.15) is 74.5 Å². The van der Waals surface area contributed by atoms with Gasteiger partial charge in [0.05, 0.1) is 6.04 Å². The molecule has 1 unspecified atom stereocenters. The monoisotopic (exact) mass is 340 g/mol. The molecule has 2 amide bonds. The number of benzene rings is 1. The molecular formula is C21H28N2O2. The number of amides is 2. The molecule has 4 nitrogen and oxygen atoms in total. The summed E-state index contributed by atoms with van der Waals surface area (Å²) >= 11 is 0. The zero-order valence-electron chi connectivity index (χ0n) is 15.1. The van der Waals surface area contributed by atoms with Crippen LogP contribution in [0.25, 0.3) is 0 Å². The molecule has 0 radical (unpaired) electrons. The maximum Gasteiger partial charge on any atom is 0.243 e. The summed E-state index contributed by atoms with van der Waals surface area (Å²) in [6.07, 6.45) is 7.77. The summed E-state index contributed by atoms with van der Waals surface area (Å²) in [6.45, 7) is 3.97. The van der Waals surface area contributed by atoms with Crippen LogP contribution in [0.15, 0.2) is 18.2 Å². The van der Waals surface area contributed by atoms with E-state index in [1.807, 2.05) is 0 Å². The summed E-state index contributed by atoms with van der Waals surface area (Å²) in [6, 6.07) is 6.80. The van der Waals surface area contributed by atoms with Gasteiger partial charge in [0, 0.05) is 19.5 Å². The molecule has 1 atom stereocenters. The molecule has 3 aliphatic rings. The maximum absolute atomic E-state index is 12.1. The Hall–Kier alpha value is -1.68. The van der Waals surface area contributed by atoms with Crippen LogP contribution >= 0.6 is 0 Å². The van der Waals surface area contributed by atoms with Crippen molar-refractivity contribution in [3.63, 3.8) is 0 Å². The van der Waals surface area contributed by atoms with E-state index in [1.165, 1.54) is 48.8 Å². The number of nitrogens with zero attached hydrogens (tertiary/aromatic N) is 1. The minimum absolute atomic E-state index is 0.123. The van der Waals surface area contributed by atoms with Crippen molar-refractivity contribution in [3.8, 4) is 0 Å². The van der Waals surface area contributed by atoms with Gasteiger partial charge in [-0.15, -0.1) is 0 Å². The molecule has 1 aromatic carbocycles. The lowest BCUT2D eigenvalue weighted by Crippen LogP contribution is -2.50. The number of hydrogen-bond donors (Lipinski definition) is 1. The quantitative estimate of drug-likeness (QED) is 0.857. The van der Waals surface area contributed by atoms with E-state index in [-0.39, 0.29) is 17.9 Å². The summed E-state index contributed by atoms with van der Waals surface area (Å²) in [5.41, 5.74) is 4.20. The van der Waals surface area contributed by atoms with Crippen LogP contribution < -0.4 is 5.32 Å². The first-order valence-corrected chi connectivity index (χ1v) is 9.83. The molecular weight excluding hydrogens is 312 g/mol. The predicted molar refractivity (Wildman–Crippen MR) is 96.9 cm³/mol. The molecule has 1 saturated carbocycles. The lowest BCUT2D eigenvalue weighted by molar-refractivity contribution is -0.137. The first-order chi connectivity index (χ1) is 12.1. The Kier molecular flexibility index (Phi) is 4.63. The van der Waals surface area contributed by atoms with Gasteiger partial charge in [-0.1, -0.05) is 31.5 Å². The van der Waals surface area contributed by atoms with Gasteiger partial charge in [-0.2, -0.15) is 0 Å². The summed E-state index contributed by atoms with van der Waals surface area (Å²) in [4.78, 5) is 25.7. The van der Waals surface area contributed by atoms with Gasteiger partial charge in [0.15, 0.2) is 0 Å². The molecule has 1 aromatic rings. The van der Waals surface area contributed by atoms with Crippen LogP contribution in [0.4, 0.5) is 0 Å². The standard InChI is InChI=1S/C21H28N2O2/c1-2-14-3-5-15(6-4-14)16-7-8-17-12-23(13-18(17)11-16)19-9-10-20(24)22-21(19)25/h7-8,11,14-15,19H,2-6,9-10,12-13H2,1H3,(H,22,24,25). The van der Waals surface area contributed by atoms with Crippen LogP contribution in [-0.2, 0) is 22.7 Å². The fraction of sp³-hybridized carbons (Fsp3) is 0.619. The second-order valence-corrected chi connectivity index (χ2v) is 8.03. The molecule has 4 rings (SSSR count). The molecule has 2 aliphatic heterocycles. The van der Waals surface area contributed by atoms with Crippen molar-refractivity contribution >= 4 is 11.8 Å². The largest absolute Gasteiger partial charge is 0.295 e. The normalized spacial score (nSPS) is 30.2. The zero-order chi connectivity index (χ0) is 17.4. The van der Waals surface area contributed by atoms with E-state index < -0.39 is 0 Å². The van der Waals surface area contributed by atoms with Crippen molar-refractivity contribution in [2.75, 3.05) is 0 Å². The number of imide groups is 1. The predicted octanol–water partition coefficient (Wildman–Crippen LogP) is 3.49. The first kappa shape index (κ1) is 16.8. The Morgan fingerprint density at radius 3 is 2.52 bits per heavy atom. The SMILES string of the molecule is CCC1CCC(c2ccc3c(c2)CN(C2CCC(=O)NC2=O)C3)CC1. The van der Waals surface area contributed by atoms with E-state index in [0.717, 1.165) is 19.0 Å². The average molecular weight is 340 g/mol. The Morgan fingerprint density at radius 1 is 1.04 bits per heavy atom. The highest BCUT2D eigenvalue weighted by atomic mass is 16.2. The van der Waals surface area contributed by atoms with Crippen LogP contribution in [0.2, 0.25) is 0 Å². The molecule has 1 aliphatic carbocycles. The molecule has 134 valence electrons. The maximum atomic E-state index is 12.1. The van der Waals surface area contributed by atoms with Gasteiger partial charge in [-0.25, -0.2) is 0 Å². The molecule has 0 bridgehead atoms. The number of piperidine rings is 1. The second-order valence-electron chi connectivity index (χ2n) is 8.03. The van der Waals surface area contributed by atoms with Crippen molar-refractivity contribution in [1.82, 2.24) is 10.2 Å². The number of nitrogens with one attached hydrogen (secondary N) is 1. The van der Waals surface area contributed by atoms with E-state index in [9.17, 15) is 9.59 Å². The van der Waals surface area contributed by atoms with Gasteiger partial charge in [-0.05, 0) is 60.6 Å². The Labute approximate surface area is 150 Å². The summed E-state index contributed by atoms with van der Waals surface area (Å²) in [5, 5.41) is 2.49. The third kappa shape index (κ3) is 3.37. The molecule has 2 heterocycles. The highest BCUT2D eigenvalue weighted by Gasteiger charge is 2.35. The number of carbonyl (C=O) groups excluding carboxylic acids is 2. The Bertz CT molecular complexity index is 676. The van der Waals surface area contributed by atoms with E-state index in [1.54, 1.807) is 0 Å². The van der Waals surface area contributed by atoms with E-state index >= 15 is 0 Å². The zero-order valence-corrected chi connectivity index (χ0v) is 15.1. The summed E-state index contributed by atoms with van der Waals surface area (Å²) in [7, 11) is 0. The van der Waals surface area contributed by atoms with E-state index in [2.05, 4.69) is 35.3 Å². The third-order valence-corrected chi connectivity index (χ3v) is 6.52. The summed E-state index contributed by atoms with van der Waals surface area (Å²) < 4.78 is 0. The van der Waals surface area contributed by atoms with Crippen LogP contribution in [0.3, 0.4) is 0 Å². The van der Waals surface area contributed by atoms with Gasteiger partial charge in [0.1, 0.15) is 0 Å². The van der Waals surface area contributed by atoms with Crippen molar-refractivity contribution in [2.45, 2.75) is 76.9 Å². The lowest BCUT2D eigenvalue weighted by atomic mass is 9.77. The van der Waals surface area contributed by atoms with Crippen LogP contribution in [0, 0.1) is 5.92 Å². The molecule has 1 saturated heterocycles. The number of fused-ring (bicyclic) bond motifs is 1. The molecule has 0 aromatic heterocycles. The number of carbonyl (C=O) groups is 2. The van der Waals surface area contributed by atoms with Gasteiger partial charge < -0.3 is 0 Å². The van der Waals surface area contributed by atoms with Crippen molar-refractivity contribution in [3.05, 3.63) is 34.9 Å². The molecule has 25 heavy (non-hydrogen) atoms. The topological polar surface area (TPSA) is 49.4 Å². The van der Waals surface area contributed by atoms with Crippen LogP contribution in [0.5, 0.6) is 0 Å². The fourth-order valence-corrected chi connectivity index (χ4v) is 4.85. The average Bonchev–Trinajstić information content (AvgIpc) is 3.04. The second kappa shape index (κ2) is 6.91. The molecule has 2 fully saturated rings. The van der Waals surface area contributed by atoms with Crippen molar-refractivity contribution in [1.29, 1.82) is 0 Å². The van der Waals surface area contributed by atoms with Gasteiger partial charge in [0.25, 0.3) is 0 Å². The lowest BCUT2D eigenvalue weighted by Gasteiger charge is -2.29. The first-order valence-electron chi connectivity index (χ1n) is 9.83. The smallest absolute Gasteiger partial charge is 0.243 e. The Morgan fingerprint density at radius 2 is 1.80 bits per heavy atom. The number of hydrogen-bond acceptors (Lipinski definition) is 3. The molecule has 1 N–H and O–H groups in total. The van der Waals surface area contributed by atoms with Gasteiger partial charge in [0.2, 0.25) is 11.8 Å². The van der Waals surface area contributed by atoms with Crippen molar-refractivity contribution in [2.24, 2.45) is 5.92 Å². The van der Waals surface area contributed by atoms with Gasteiger partial charge in [-0.3, -0.25) is 19.8 Å².